The number of nitrogens with one attached hydrogen (secondary N) is 1. The zero-order chi connectivity index (χ0) is 20.3. The Labute approximate surface area is 161 Å². The number of benzene rings is 1. The van der Waals surface area contributed by atoms with Crippen molar-refractivity contribution >= 4 is 23.4 Å². The van der Waals surface area contributed by atoms with E-state index in [0.717, 1.165) is 0 Å². The van der Waals surface area contributed by atoms with E-state index >= 15 is 0 Å². The maximum Gasteiger partial charge on any atom is 0.414 e. The van der Waals surface area contributed by atoms with Crippen molar-refractivity contribution in [1.29, 1.82) is 10.5 Å². The highest BCUT2D eigenvalue weighted by atomic mass is 19.1. The summed E-state index contributed by atoms with van der Waals surface area (Å²) in [6.45, 7) is 2.60. The van der Waals surface area contributed by atoms with Crippen LogP contribution in [0.4, 0.5) is 20.6 Å². The lowest BCUT2D eigenvalue weighted by Crippen LogP contribution is -2.33. The van der Waals surface area contributed by atoms with Crippen LogP contribution < -0.4 is 15.1 Å². The normalized spacial score (nSPS) is 18.5. The van der Waals surface area contributed by atoms with Gasteiger partial charge in [-0.05, 0) is 30.2 Å². The lowest BCUT2D eigenvalue weighted by Gasteiger charge is -2.20. The number of carbonyl (C=O) groups excluding carboxylic acids is 2. The van der Waals surface area contributed by atoms with Gasteiger partial charge in [-0.25, -0.2) is 9.18 Å². The second-order valence-corrected chi connectivity index (χ2v) is 6.56. The Morgan fingerprint density at radius 3 is 2.79 bits per heavy atom. The number of carbonyl (C=O) groups is 2. The van der Waals surface area contributed by atoms with E-state index in [-0.39, 0.29) is 24.6 Å². The molecule has 2 aliphatic heterocycles. The summed E-state index contributed by atoms with van der Waals surface area (Å²) in [6, 6.07) is 8.18. The number of nitriles is 2. The molecule has 1 N–H and O–H groups in total. The third-order valence-corrected chi connectivity index (χ3v) is 4.68. The van der Waals surface area contributed by atoms with Gasteiger partial charge in [-0.15, -0.1) is 0 Å². The molecule has 2 fully saturated rings. The first-order chi connectivity index (χ1) is 13.4. The second kappa shape index (κ2) is 7.97. The summed E-state index contributed by atoms with van der Waals surface area (Å²) in [5, 5.41) is 20.5. The van der Waals surface area contributed by atoms with Crippen molar-refractivity contribution in [3.8, 4) is 12.1 Å². The number of rotatable bonds is 4. The van der Waals surface area contributed by atoms with Crippen molar-refractivity contribution in [2.75, 3.05) is 36.0 Å². The molecule has 9 heteroatoms. The van der Waals surface area contributed by atoms with E-state index < -0.39 is 18.0 Å². The number of anilines is 2. The van der Waals surface area contributed by atoms with Gasteiger partial charge in [-0.2, -0.15) is 10.5 Å². The van der Waals surface area contributed by atoms with Crippen LogP contribution in [0.5, 0.6) is 0 Å². The van der Waals surface area contributed by atoms with Gasteiger partial charge in [0.15, 0.2) is 0 Å². The minimum Gasteiger partial charge on any atom is -0.442 e. The molecule has 1 aromatic carbocycles. The predicted octanol–water partition coefficient (Wildman–Crippen LogP) is 1.84. The van der Waals surface area contributed by atoms with Gasteiger partial charge in [0.25, 0.3) is 0 Å². The van der Waals surface area contributed by atoms with E-state index in [4.69, 9.17) is 15.3 Å². The monoisotopic (exact) mass is 383 g/mol. The maximum atomic E-state index is 14.7. The fourth-order valence-corrected chi connectivity index (χ4v) is 3.27. The Morgan fingerprint density at radius 1 is 1.39 bits per heavy atom. The van der Waals surface area contributed by atoms with E-state index in [1.807, 2.05) is 12.1 Å². The fraction of sp³-hybridized carbons (Fsp3) is 0.368. The molecule has 0 bridgehead atoms. The molecule has 0 unspecified atom stereocenters. The first-order valence-electron chi connectivity index (χ1n) is 8.72. The van der Waals surface area contributed by atoms with E-state index in [2.05, 4.69) is 5.32 Å². The van der Waals surface area contributed by atoms with Crippen molar-refractivity contribution in [1.82, 2.24) is 5.32 Å². The van der Waals surface area contributed by atoms with Gasteiger partial charge in [0.2, 0.25) is 5.91 Å². The molecule has 144 valence electrons. The number of hydrogen-bond donors (Lipinski definition) is 1. The topological polar surface area (TPSA) is 109 Å². The predicted molar refractivity (Wildman–Crippen MR) is 97.8 cm³/mol. The van der Waals surface area contributed by atoms with Crippen LogP contribution in [0.15, 0.2) is 29.3 Å². The minimum absolute atomic E-state index is 0.0737. The Balaban J connectivity index is 1.73. The first-order valence-corrected chi connectivity index (χ1v) is 8.72. The van der Waals surface area contributed by atoms with Crippen molar-refractivity contribution in [2.45, 2.75) is 19.4 Å². The smallest absolute Gasteiger partial charge is 0.414 e. The number of nitrogens with zero attached hydrogens (tertiary/aromatic N) is 4. The molecule has 2 amide bonds. The molecule has 0 radical (unpaired) electrons. The highest BCUT2D eigenvalue weighted by Gasteiger charge is 2.33. The van der Waals surface area contributed by atoms with Gasteiger partial charge in [0, 0.05) is 20.0 Å². The summed E-state index contributed by atoms with van der Waals surface area (Å²) in [5.41, 5.74) is 1.47. The summed E-state index contributed by atoms with van der Waals surface area (Å²) < 4.78 is 19.9. The largest absolute Gasteiger partial charge is 0.442 e. The van der Waals surface area contributed by atoms with Crippen LogP contribution in [-0.4, -0.2) is 44.3 Å². The van der Waals surface area contributed by atoms with Crippen molar-refractivity contribution in [3.05, 3.63) is 35.2 Å². The molecule has 0 spiro atoms. The molecule has 0 aromatic heterocycles. The molecule has 2 heterocycles. The number of hydrogen-bond acceptors (Lipinski definition) is 6. The van der Waals surface area contributed by atoms with Crippen molar-refractivity contribution in [3.63, 3.8) is 0 Å². The highest BCUT2D eigenvalue weighted by molar-refractivity contribution is 5.90. The summed E-state index contributed by atoms with van der Waals surface area (Å²) in [6.07, 6.45) is -0.566. The van der Waals surface area contributed by atoms with Crippen LogP contribution in [0.1, 0.15) is 13.3 Å². The molecule has 1 aromatic rings. The molecule has 3 rings (SSSR count). The van der Waals surface area contributed by atoms with Crippen molar-refractivity contribution in [2.24, 2.45) is 0 Å². The van der Waals surface area contributed by atoms with Crippen LogP contribution in [0.25, 0.3) is 0 Å². The summed E-state index contributed by atoms with van der Waals surface area (Å²) in [7, 11) is 0. The second-order valence-electron chi connectivity index (χ2n) is 6.56. The van der Waals surface area contributed by atoms with Crippen LogP contribution in [-0.2, 0) is 9.53 Å². The van der Waals surface area contributed by atoms with Gasteiger partial charge in [-0.1, -0.05) is 0 Å². The Kier molecular flexibility index (Phi) is 5.46. The Bertz CT molecular complexity index is 914. The summed E-state index contributed by atoms with van der Waals surface area (Å²) >= 11 is 0. The van der Waals surface area contributed by atoms with Gasteiger partial charge >= 0.3 is 6.09 Å². The Morgan fingerprint density at radius 2 is 2.14 bits per heavy atom. The fourth-order valence-electron chi connectivity index (χ4n) is 3.27. The average Bonchev–Trinajstić information content (AvgIpc) is 3.28. The summed E-state index contributed by atoms with van der Waals surface area (Å²) in [5.74, 6) is -0.729. The van der Waals surface area contributed by atoms with E-state index in [1.165, 1.54) is 17.9 Å². The number of cyclic esters (lactones) is 1. The van der Waals surface area contributed by atoms with Gasteiger partial charge < -0.3 is 15.0 Å². The lowest BCUT2D eigenvalue weighted by molar-refractivity contribution is -0.119. The van der Waals surface area contributed by atoms with Crippen molar-refractivity contribution < 1.29 is 18.7 Å². The van der Waals surface area contributed by atoms with E-state index in [1.54, 1.807) is 17.0 Å². The van der Waals surface area contributed by atoms with Crippen LogP contribution in [0, 0.1) is 28.5 Å². The van der Waals surface area contributed by atoms with Gasteiger partial charge in [-0.3, -0.25) is 9.69 Å². The number of halogens is 1. The highest BCUT2D eigenvalue weighted by Crippen LogP contribution is 2.31. The maximum absolute atomic E-state index is 14.7. The standard InChI is InChI=1S/C19H18FN5O3/c1-12(26)23-9-16-11-25(19(27)28-16)15-2-3-18(17(20)6-15)24-5-4-13(10-24)14(7-21)8-22/h2-3,6,16H,4-5,9-11H2,1H3,(H,23,26)/t16-/m0/s1. The molecule has 2 aliphatic rings. The third-order valence-electron chi connectivity index (χ3n) is 4.68. The van der Waals surface area contributed by atoms with Crippen LogP contribution >= 0.6 is 0 Å². The van der Waals surface area contributed by atoms with Gasteiger partial charge in [0.05, 0.1) is 24.5 Å². The quantitative estimate of drug-likeness (QED) is 0.795. The van der Waals surface area contributed by atoms with Crippen LogP contribution in [0.2, 0.25) is 0 Å². The average molecular weight is 383 g/mol. The number of ether oxygens (including phenoxy) is 1. The molecule has 1 atom stereocenters. The number of amides is 2. The molecular weight excluding hydrogens is 365 g/mol. The van der Waals surface area contributed by atoms with Crippen LogP contribution in [0.3, 0.4) is 0 Å². The zero-order valence-corrected chi connectivity index (χ0v) is 15.2. The molecule has 0 saturated carbocycles. The molecule has 0 aliphatic carbocycles. The van der Waals surface area contributed by atoms with E-state index in [9.17, 15) is 14.0 Å². The Hall–Kier alpha value is -3.59. The minimum atomic E-state index is -0.596. The van der Waals surface area contributed by atoms with E-state index in [0.29, 0.717) is 36.5 Å². The summed E-state index contributed by atoms with van der Waals surface area (Å²) in [4.78, 5) is 26.1. The third kappa shape index (κ3) is 3.89. The molecule has 2 saturated heterocycles. The molecular formula is C19H18FN5O3. The molecule has 28 heavy (non-hydrogen) atoms. The first kappa shape index (κ1) is 19.2. The molecule has 8 nitrogen and oxygen atoms in total. The number of allylic oxidation sites excluding steroid dienone is 1. The SMILES string of the molecule is CC(=O)NC[C@H]1CN(c2ccc(N3CCC(=C(C#N)C#N)C3)c(F)c2)C(=O)O1. The van der Waals surface area contributed by atoms with Gasteiger partial charge in [0.1, 0.15) is 29.6 Å². The zero-order valence-electron chi connectivity index (χ0n) is 15.2. The lowest BCUT2D eigenvalue weighted by atomic mass is 10.1.